The van der Waals surface area contributed by atoms with Crippen LogP contribution >= 0.6 is 0 Å². The van der Waals surface area contributed by atoms with Gasteiger partial charge in [0.2, 0.25) is 0 Å². The molecule has 0 aliphatic heterocycles. The van der Waals surface area contributed by atoms with Crippen molar-refractivity contribution in [2.75, 3.05) is 5.32 Å². The highest BCUT2D eigenvalue weighted by molar-refractivity contribution is 6.03. The van der Waals surface area contributed by atoms with Crippen LogP contribution in [0.15, 0.2) is 78.0 Å². The zero-order valence-corrected chi connectivity index (χ0v) is 16.7. The van der Waals surface area contributed by atoms with Gasteiger partial charge in [0.05, 0.1) is 11.1 Å². The molecule has 2 heterocycles. The number of fused-ring (bicyclic) bond motifs is 1. The highest BCUT2D eigenvalue weighted by atomic mass is 16.7. The van der Waals surface area contributed by atoms with E-state index >= 15 is 0 Å². The molecule has 0 saturated heterocycles. The molecule has 4 aromatic rings. The van der Waals surface area contributed by atoms with Gasteiger partial charge in [0.15, 0.2) is 11.2 Å². The van der Waals surface area contributed by atoms with Crippen LogP contribution in [0.3, 0.4) is 0 Å². The molecular formula is C23H20N4O4. The van der Waals surface area contributed by atoms with Gasteiger partial charge in [-0.3, -0.25) is 4.79 Å². The Morgan fingerprint density at radius 3 is 2.48 bits per heavy atom. The molecule has 2 aromatic carbocycles. The third-order valence-corrected chi connectivity index (χ3v) is 4.88. The van der Waals surface area contributed by atoms with Gasteiger partial charge in [0.25, 0.3) is 0 Å². The second-order valence-corrected chi connectivity index (χ2v) is 6.95. The summed E-state index contributed by atoms with van der Waals surface area (Å²) in [5, 5.41) is 13.4. The number of aromatic carboxylic acids is 1. The van der Waals surface area contributed by atoms with Crippen LogP contribution in [0.4, 0.5) is 5.69 Å². The number of carboxylic acids is 1. The molecule has 2 aromatic heterocycles. The smallest absolute Gasteiger partial charge is 0.343 e. The number of hydrogen-bond donors (Lipinski definition) is 2. The summed E-state index contributed by atoms with van der Waals surface area (Å²) in [6.07, 6.45) is 2.76. The summed E-state index contributed by atoms with van der Waals surface area (Å²) >= 11 is 0. The quantitative estimate of drug-likeness (QED) is 0.476. The topological polar surface area (TPSA) is 106 Å². The molecular weight excluding hydrogens is 396 g/mol. The number of carboxylic acid groups (broad SMARTS) is 1. The minimum Gasteiger partial charge on any atom is -0.477 e. The maximum Gasteiger partial charge on any atom is 0.343 e. The van der Waals surface area contributed by atoms with Crippen molar-refractivity contribution in [3.63, 3.8) is 0 Å². The predicted molar refractivity (Wildman–Crippen MR) is 116 cm³/mol. The molecule has 0 aliphatic carbocycles. The standard InChI is InChI=1S/C23H20N4O4/c1-15(17-10-6-3-7-11-17)26-20-18-12-24-14-25-21(18)27(22(28)19(20)23(29)30)31-13-16-8-4-2-5-9-16/h2-12,14-15,26H,13H2,1H3,(H,29,30). The largest absolute Gasteiger partial charge is 0.477 e. The maximum atomic E-state index is 13.1. The highest BCUT2D eigenvalue weighted by Crippen LogP contribution is 2.27. The molecule has 0 saturated carbocycles. The van der Waals surface area contributed by atoms with E-state index in [9.17, 15) is 14.7 Å². The average molecular weight is 416 g/mol. The fraction of sp³-hybridized carbons (Fsp3) is 0.130. The molecule has 0 amide bonds. The van der Waals surface area contributed by atoms with E-state index in [0.717, 1.165) is 15.9 Å². The molecule has 0 spiro atoms. The summed E-state index contributed by atoms with van der Waals surface area (Å²) < 4.78 is 0.922. The van der Waals surface area contributed by atoms with Crippen LogP contribution in [0.5, 0.6) is 0 Å². The van der Waals surface area contributed by atoms with Gasteiger partial charge in [-0.2, -0.15) is 0 Å². The number of rotatable bonds is 7. The molecule has 0 fully saturated rings. The Kier molecular flexibility index (Phi) is 5.61. The minimum absolute atomic E-state index is 0.0755. The molecule has 1 atom stereocenters. The van der Waals surface area contributed by atoms with Crippen molar-refractivity contribution in [2.45, 2.75) is 19.6 Å². The Balaban J connectivity index is 1.82. The lowest BCUT2D eigenvalue weighted by Crippen LogP contribution is -2.33. The van der Waals surface area contributed by atoms with E-state index < -0.39 is 17.1 Å². The van der Waals surface area contributed by atoms with E-state index in [2.05, 4.69) is 15.3 Å². The number of carbonyl (C=O) groups is 1. The Morgan fingerprint density at radius 2 is 1.81 bits per heavy atom. The lowest BCUT2D eigenvalue weighted by molar-refractivity contribution is 0.0678. The van der Waals surface area contributed by atoms with E-state index in [1.807, 2.05) is 67.6 Å². The Labute approximate surface area is 177 Å². The number of anilines is 1. The van der Waals surface area contributed by atoms with Crippen LogP contribution in [0.2, 0.25) is 0 Å². The van der Waals surface area contributed by atoms with Crippen molar-refractivity contribution < 1.29 is 14.7 Å². The van der Waals surface area contributed by atoms with E-state index in [-0.39, 0.29) is 24.0 Å². The summed E-state index contributed by atoms with van der Waals surface area (Å²) in [4.78, 5) is 39.1. The van der Waals surface area contributed by atoms with Gasteiger partial charge in [0, 0.05) is 12.2 Å². The molecule has 1 unspecified atom stereocenters. The third-order valence-electron chi connectivity index (χ3n) is 4.88. The van der Waals surface area contributed by atoms with Crippen LogP contribution < -0.4 is 15.7 Å². The second kappa shape index (κ2) is 8.66. The first-order valence-electron chi connectivity index (χ1n) is 9.67. The summed E-state index contributed by atoms with van der Waals surface area (Å²) in [6.45, 7) is 1.96. The molecule has 0 aliphatic rings. The van der Waals surface area contributed by atoms with E-state index in [1.54, 1.807) is 0 Å². The normalized spacial score (nSPS) is 11.8. The molecule has 0 radical (unpaired) electrons. The summed E-state index contributed by atoms with van der Waals surface area (Å²) in [7, 11) is 0. The predicted octanol–water partition coefficient (Wildman–Crippen LogP) is 3.29. The van der Waals surface area contributed by atoms with Crippen molar-refractivity contribution in [1.82, 2.24) is 14.7 Å². The van der Waals surface area contributed by atoms with Crippen LogP contribution in [-0.4, -0.2) is 25.8 Å². The number of nitrogens with one attached hydrogen (secondary N) is 1. The molecule has 8 nitrogen and oxygen atoms in total. The van der Waals surface area contributed by atoms with Crippen LogP contribution in [0.1, 0.15) is 34.5 Å². The van der Waals surface area contributed by atoms with Crippen molar-refractivity contribution >= 4 is 22.7 Å². The Morgan fingerprint density at radius 1 is 1.13 bits per heavy atom. The average Bonchev–Trinajstić information content (AvgIpc) is 2.80. The molecule has 156 valence electrons. The maximum absolute atomic E-state index is 13.1. The summed E-state index contributed by atoms with van der Waals surface area (Å²) in [6, 6.07) is 18.5. The van der Waals surface area contributed by atoms with Gasteiger partial charge in [-0.1, -0.05) is 60.7 Å². The zero-order chi connectivity index (χ0) is 21.8. The SMILES string of the molecule is CC(Nc1c(C(=O)O)c(=O)n(OCc2ccccc2)c2ncncc12)c1ccccc1. The molecule has 4 rings (SSSR count). The fourth-order valence-corrected chi connectivity index (χ4v) is 3.32. The number of nitrogens with zero attached hydrogens (tertiary/aromatic N) is 3. The van der Waals surface area contributed by atoms with E-state index in [4.69, 9.17) is 4.84 Å². The van der Waals surface area contributed by atoms with Crippen molar-refractivity contribution in [2.24, 2.45) is 0 Å². The van der Waals surface area contributed by atoms with E-state index in [0.29, 0.717) is 5.39 Å². The van der Waals surface area contributed by atoms with Crippen LogP contribution in [-0.2, 0) is 6.61 Å². The molecule has 0 bridgehead atoms. The lowest BCUT2D eigenvalue weighted by atomic mass is 10.1. The summed E-state index contributed by atoms with van der Waals surface area (Å²) in [5.74, 6) is -1.37. The van der Waals surface area contributed by atoms with Gasteiger partial charge >= 0.3 is 11.5 Å². The van der Waals surface area contributed by atoms with Gasteiger partial charge in [0.1, 0.15) is 12.9 Å². The monoisotopic (exact) mass is 416 g/mol. The van der Waals surface area contributed by atoms with Crippen molar-refractivity contribution in [1.29, 1.82) is 0 Å². The van der Waals surface area contributed by atoms with Gasteiger partial charge in [-0.25, -0.2) is 14.8 Å². The van der Waals surface area contributed by atoms with Crippen molar-refractivity contribution in [3.8, 4) is 0 Å². The number of aromatic nitrogens is 3. The number of hydrogen-bond acceptors (Lipinski definition) is 6. The Bertz CT molecular complexity index is 1270. The second-order valence-electron chi connectivity index (χ2n) is 6.95. The van der Waals surface area contributed by atoms with Crippen molar-refractivity contribution in [3.05, 3.63) is 100 Å². The third kappa shape index (κ3) is 4.09. The molecule has 31 heavy (non-hydrogen) atoms. The fourth-order valence-electron chi connectivity index (χ4n) is 3.32. The van der Waals surface area contributed by atoms with Crippen LogP contribution in [0.25, 0.3) is 11.0 Å². The summed E-state index contributed by atoms with van der Waals surface area (Å²) in [5.41, 5.74) is 0.866. The molecule has 8 heteroatoms. The lowest BCUT2D eigenvalue weighted by Gasteiger charge is -2.20. The van der Waals surface area contributed by atoms with Crippen LogP contribution in [0, 0.1) is 0 Å². The first-order valence-corrected chi connectivity index (χ1v) is 9.67. The van der Waals surface area contributed by atoms with E-state index in [1.165, 1.54) is 12.5 Å². The van der Waals surface area contributed by atoms with Gasteiger partial charge < -0.3 is 15.3 Å². The Hall–Kier alpha value is -4.20. The molecule has 2 N–H and O–H groups in total. The first-order chi connectivity index (χ1) is 15.1. The minimum atomic E-state index is -1.37. The number of pyridine rings is 1. The highest BCUT2D eigenvalue weighted by Gasteiger charge is 2.25. The number of benzene rings is 2. The van der Waals surface area contributed by atoms with Gasteiger partial charge in [-0.05, 0) is 18.1 Å². The first kappa shape index (κ1) is 20.1. The van der Waals surface area contributed by atoms with Gasteiger partial charge in [-0.15, -0.1) is 4.73 Å². The zero-order valence-electron chi connectivity index (χ0n) is 16.7.